The van der Waals surface area contributed by atoms with Gasteiger partial charge in [0.15, 0.2) is 5.69 Å². The van der Waals surface area contributed by atoms with E-state index in [-0.39, 0.29) is 11.9 Å². The molecule has 1 atom stereocenters. The van der Waals surface area contributed by atoms with E-state index in [0.29, 0.717) is 10.2 Å². The molecule has 1 unspecified atom stereocenters. The normalized spacial score (nSPS) is 12.4. The maximum absolute atomic E-state index is 12.1. The van der Waals surface area contributed by atoms with Crippen LogP contribution < -0.4 is 5.32 Å². The highest BCUT2D eigenvalue weighted by Crippen LogP contribution is 2.16. The second-order valence-corrected chi connectivity index (χ2v) is 5.15. The van der Waals surface area contributed by atoms with Gasteiger partial charge in [0.2, 0.25) is 0 Å². The number of nitrogens with zero attached hydrogens (tertiary/aromatic N) is 4. The van der Waals surface area contributed by atoms with E-state index in [1.165, 1.54) is 0 Å². The number of nitrogens with one attached hydrogen (secondary N) is 1. The molecule has 0 aliphatic heterocycles. The Bertz CT molecular complexity index is 589. The summed E-state index contributed by atoms with van der Waals surface area (Å²) >= 11 is 3.32. The van der Waals surface area contributed by atoms with Crippen LogP contribution in [0.3, 0.4) is 0 Å². The van der Waals surface area contributed by atoms with Crippen molar-refractivity contribution < 1.29 is 4.79 Å². The van der Waals surface area contributed by atoms with Crippen molar-refractivity contribution in [3.8, 4) is 0 Å². The van der Waals surface area contributed by atoms with Gasteiger partial charge in [-0.05, 0) is 35.8 Å². The Morgan fingerprint density at radius 1 is 1.53 bits per heavy atom. The summed E-state index contributed by atoms with van der Waals surface area (Å²) in [4.78, 5) is 12.1. The van der Waals surface area contributed by atoms with Gasteiger partial charge in [0, 0.05) is 26.0 Å². The lowest BCUT2D eigenvalue weighted by Crippen LogP contribution is -2.27. The highest BCUT2D eigenvalue weighted by Gasteiger charge is 2.18. The third-order valence-corrected chi connectivity index (χ3v) is 3.36. The standard InChI is InChI=1S/C12H16BrN5O/c1-4-18-6-5-10(15-18)8(2)14-12(19)11-9(13)7-17(3)16-11/h5-8H,4H2,1-3H3,(H,14,19). The highest BCUT2D eigenvalue weighted by molar-refractivity contribution is 9.10. The lowest BCUT2D eigenvalue weighted by Gasteiger charge is -2.10. The summed E-state index contributed by atoms with van der Waals surface area (Å²) in [6.07, 6.45) is 3.64. The van der Waals surface area contributed by atoms with Gasteiger partial charge in [-0.2, -0.15) is 10.2 Å². The van der Waals surface area contributed by atoms with Crippen molar-refractivity contribution in [2.24, 2.45) is 7.05 Å². The van der Waals surface area contributed by atoms with E-state index in [1.807, 2.05) is 30.8 Å². The average Bonchev–Trinajstić information content (AvgIpc) is 2.95. The van der Waals surface area contributed by atoms with E-state index in [9.17, 15) is 4.79 Å². The van der Waals surface area contributed by atoms with E-state index in [0.717, 1.165) is 12.2 Å². The minimum atomic E-state index is -0.217. The van der Waals surface area contributed by atoms with Crippen LogP contribution in [0.1, 0.15) is 36.1 Å². The molecular weight excluding hydrogens is 310 g/mol. The average molecular weight is 326 g/mol. The molecule has 0 spiro atoms. The van der Waals surface area contributed by atoms with Crippen LogP contribution in [0.4, 0.5) is 0 Å². The Balaban J connectivity index is 2.08. The highest BCUT2D eigenvalue weighted by atomic mass is 79.9. The summed E-state index contributed by atoms with van der Waals surface area (Å²) in [7, 11) is 1.77. The van der Waals surface area contributed by atoms with Crippen LogP contribution in [-0.2, 0) is 13.6 Å². The van der Waals surface area contributed by atoms with Gasteiger partial charge in [-0.15, -0.1) is 0 Å². The van der Waals surface area contributed by atoms with E-state index < -0.39 is 0 Å². The number of rotatable bonds is 4. The van der Waals surface area contributed by atoms with Crippen LogP contribution in [-0.4, -0.2) is 25.5 Å². The zero-order valence-corrected chi connectivity index (χ0v) is 12.7. The summed E-state index contributed by atoms with van der Waals surface area (Å²) in [6.45, 7) is 4.73. The Labute approximate surface area is 119 Å². The smallest absolute Gasteiger partial charge is 0.273 e. The molecule has 2 aromatic rings. The number of carbonyl (C=O) groups excluding carboxylic acids is 1. The fourth-order valence-corrected chi connectivity index (χ4v) is 2.29. The monoisotopic (exact) mass is 325 g/mol. The molecule has 2 rings (SSSR count). The number of aromatic nitrogens is 4. The largest absolute Gasteiger partial charge is 0.342 e. The maximum Gasteiger partial charge on any atom is 0.273 e. The minimum Gasteiger partial charge on any atom is -0.342 e. The zero-order chi connectivity index (χ0) is 14.0. The number of halogens is 1. The molecule has 7 heteroatoms. The van der Waals surface area contributed by atoms with Crippen molar-refractivity contribution in [3.05, 3.63) is 34.3 Å². The van der Waals surface area contributed by atoms with Crippen molar-refractivity contribution in [1.82, 2.24) is 24.9 Å². The number of amides is 1. The summed E-state index contributed by atoms with van der Waals surface area (Å²) in [5.41, 5.74) is 1.21. The third-order valence-electron chi connectivity index (χ3n) is 2.78. The summed E-state index contributed by atoms with van der Waals surface area (Å²) < 4.78 is 4.10. The molecule has 0 aromatic carbocycles. The van der Waals surface area contributed by atoms with Gasteiger partial charge in [-0.25, -0.2) is 0 Å². The topological polar surface area (TPSA) is 64.7 Å². The van der Waals surface area contributed by atoms with Gasteiger partial charge in [-0.3, -0.25) is 14.2 Å². The van der Waals surface area contributed by atoms with E-state index in [1.54, 1.807) is 17.9 Å². The first kappa shape index (κ1) is 13.8. The molecule has 1 N–H and O–H groups in total. The van der Waals surface area contributed by atoms with Crippen LogP contribution in [0.5, 0.6) is 0 Å². The second kappa shape index (κ2) is 5.56. The molecule has 0 saturated carbocycles. The molecule has 1 amide bonds. The van der Waals surface area contributed by atoms with E-state index in [2.05, 4.69) is 31.4 Å². The van der Waals surface area contributed by atoms with E-state index in [4.69, 9.17) is 0 Å². The van der Waals surface area contributed by atoms with Gasteiger partial charge >= 0.3 is 0 Å². The first-order valence-electron chi connectivity index (χ1n) is 6.04. The molecule has 0 bridgehead atoms. The van der Waals surface area contributed by atoms with Crippen LogP contribution in [0.25, 0.3) is 0 Å². The zero-order valence-electron chi connectivity index (χ0n) is 11.1. The number of hydrogen-bond donors (Lipinski definition) is 1. The van der Waals surface area contributed by atoms with Crippen LogP contribution in [0.2, 0.25) is 0 Å². The molecule has 19 heavy (non-hydrogen) atoms. The van der Waals surface area contributed by atoms with Crippen molar-refractivity contribution >= 4 is 21.8 Å². The number of aryl methyl sites for hydroxylation is 2. The molecule has 6 nitrogen and oxygen atoms in total. The van der Waals surface area contributed by atoms with Crippen molar-refractivity contribution in [3.63, 3.8) is 0 Å². The van der Waals surface area contributed by atoms with Crippen molar-refractivity contribution in [2.75, 3.05) is 0 Å². The third kappa shape index (κ3) is 3.04. The van der Waals surface area contributed by atoms with Gasteiger partial charge in [0.1, 0.15) is 0 Å². The van der Waals surface area contributed by atoms with Crippen molar-refractivity contribution in [2.45, 2.75) is 26.4 Å². The molecule has 0 aliphatic carbocycles. The molecule has 0 radical (unpaired) electrons. The molecule has 2 aromatic heterocycles. The lowest BCUT2D eigenvalue weighted by atomic mass is 10.2. The van der Waals surface area contributed by atoms with Crippen LogP contribution in [0.15, 0.2) is 22.9 Å². The SMILES string of the molecule is CCn1ccc(C(C)NC(=O)c2nn(C)cc2Br)n1. The van der Waals surface area contributed by atoms with E-state index >= 15 is 0 Å². The quantitative estimate of drug-likeness (QED) is 0.933. The van der Waals surface area contributed by atoms with Crippen LogP contribution >= 0.6 is 15.9 Å². The molecule has 2 heterocycles. The predicted octanol–water partition coefficient (Wildman–Crippen LogP) is 1.89. The van der Waals surface area contributed by atoms with Gasteiger partial charge in [0.25, 0.3) is 5.91 Å². The molecule has 0 aliphatic rings. The fraction of sp³-hybridized carbons (Fsp3) is 0.417. The fourth-order valence-electron chi connectivity index (χ4n) is 1.74. The molecule has 0 fully saturated rings. The molecule has 102 valence electrons. The number of carbonyl (C=O) groups is 1. The minimum absolute atomic E-state index is 0.158. The maximum atomic E-state index is 12.1. The summed E-state index contributed by atoms with van der Waals surface area (Å²) in [6, 6.07) is 1.75. The Hall–Kier alpha value is -1.63. The Morgan fingerprint density at radius 3 is 2.79 bits per heavy atom. The Morgan fingerprint density at radius 2 is 2.26 bits per heavy atom. The summed E-state index contributed by atoms with van der Waals surface area (Å²) in [5, 5.41) is 11.4. The van der Waals surface area contributed by atoms with Gasteiger partial charge < -0.3 is 5.32 Å². The second-order valence-electron chi connectivity index (χ2n) is 4.29. The first-order chi connectivity index (χ1) is 9.01. The van der Waals surface area contributed by atoms with Gasteiger partial charge in [-0.1, -0.05) is 0 Å². The van der Waals surface area contributed by atoms with Crippen LogP contribution in [0, 0.1) is 0 Å². The molecular formula is C12H16BrN5O. The first-order valence-corrected chi connectivity index (χ1v) is 6.84. The lowest BCUT2D eigenvalue weighted by molar-refractivity contribution is 0.0932. The van der Waals surface area contributed by atoms with Gasteiger partial charge in [0.05, 0.1) is 16.2 Å². The Kier molecular flexibility index (Phi) is 4.04. The predicted molar refractivity (Wildman–Crippen MR) is 74.7 cm³/mol. The summed E-state index contributed by atoms with van der Waals surface area (Å²) in [5.74, 6) is -0.217. The molecule has 0 saturated heterocycles. The number of hydrogen-bond acceptors (Lipinski definition) is 3. The van der Waals surface area contributed by atoms with Crippen molar-refractivity contribution in [1.29, 1.82) is 0 Å².